The lowest BCUT2D eigenvalue weighted by Gasteiger charge is -2.10. The summed E-state index contributed by atoms with van der Waals surface area (Å²) in [7, 11) is 0. The van der Waals surface area contributed by atoms with Gasteiger partial charge in [-0.2, -0.15) is 0 Å². The van der Waals surface area contributed by atoms with Gasteiger partial charge >= 0.3 is 11.9 Å². The van der Waals surface area contributed by atoms with Crippen molar-refractivity contribution in [2.75, 3.05) is 26.4 Å². The minimum absolute atomic E-state index is 0.0308. The van der Waals surface area contributed by atoms with Gasteiger partial charge < -0.3 is 18.9 Å². The Morgan fingerprint density at radius 2 is 1.32 bits per heavy atom. The predicted molar refractivity (Wildman–Crippen MR) is 159 cm³/mol. The smallest absolute Gasteiger partial charge is 0.330 e. The van der Waals surface area contributed by atoms with E-state index in [0.29, 0.717) is 30.9 Å². The molecule has 8 heteroatoms. The largest absolute Gasteiger partial charge is 0.494 e. The van der Waals surface area contributed by atoms with Crippen LogP contribution in [-0.4, -0.2) is 43.5 Å². The summed E-state index contributed by atoms with van der Waals surface area (Å²) in [5, 5.41) is -0.0308. The highest BCUT2D eigenvalue weighted by Crippen LogP contribution is 2.46. The van der Waals surface area contributed by atoms with E-state index in [2.05, 4.69) is 20.1 Å². The van der Waals surface area contributed by atoms with E-state index in [9.17, 15) is 14.4 Å². The lowest BCUT2D eigenvalue weighted by molar-refractivity contribution is -0.139. The monoisotopic (exact) mass is 572 g/mol. The Balaban J connectivity index is 1.30. The number of fused-ring (bicyclic) bond motifs is 3. The highest BCUT2D eigenvalue weighted by Gasteiger charge is 2.27. The van der Waals surface area contributed by atoms with Crippen molar-refractivity contribution >= 4 is 28.8 Å². The summed E-state index contributed by atoms with van der Waals surface area (Å²) >= 11 is 1.18. The summed E-state index contributed by atoms with van der Waals surface area (Å²) in [6, 6.07) is 19.2. The molecule has 0 spiro atoms. The Bertz CT molecular complexity index is 1430. The van der Waals surface area contributed by atoms with Gasteiger partial charge in [0, 0.05) is 28.5 Å². The Kier molecular flexibility index (Phi) is 10.4. The van der Waals surface area contributed by atoms with Crippen molar-refractivity contribution in [3.63, 3.8) is 0 Å². The first-order chi connectivity index (χ1) is 19.9. The van der Waals surface area contributed by atoms with Crippen molar-refractivity contribution in [3.8, 4) is 22.6 Å². The first-order valence-corrected chi connectivity index (χ1v) is 14.2. The Hall–Kier alpha value is -4.30. The standard InChI is InChI=1S/C33H32O7S/c1-4-31(34)39-17-7-6-16-37-24-9-12-26(13-10-24)41-33(36)23-8-14-27-28-15-11-25(38-18-19-40-32(35)5-2)21-30(28)22(3)29(27)20-23/h4-5,8-15,20-22H,1-2,6-7,16-19H2,3H3/t22-/m1/s1. The second-order valence-electron chi connectivity index (χ2n) is 9.28. The van der Waals surface area contributed by atoms with Gasteiger partial charge in [0.05, 0.1) is 13.2 Å². The molecule has 212 valence electrons. The molecule has 3 aromatic carbocycles. The summed E-state index contributed by atoms with van der Waals surface area (Å²) in [5.74, 6) is 0.623. The van der Waals surface area contributed by atoms with E-state index >= 15 is 0 Å². The molecule has 0 aliphatic heterocycles. The van der Waals surface area contributed by atoms with Crippen LogP contribution in [0.15, 0.2) is 90.9 Å². The quantitative estimate of drug-likeness (QED) is 0.0908. The van der Waals surface area contributed by atoms with Crippen molar-refractivity contribution < 1.29 is 33.3 Å². The zero-order valence-corrected chi connectivity index (χ0v) is 23.7. The summed E-state index contributed by atoms with van der Waals surface area (Å²) < 4.78 is 21.4. The minimum Gasteiger partial charge on any atom is -0.494 e. The molecular formula is C33H32O7S. The number of esters is 2. The molecule has 0 unspecified atom stereocenters. The molecule has 7 nitrogen and oxygen atoms in total. The number of hydrogen-bond acceptors (Lipinski definition) is 8. The summed E-state index contributed by atoms with van der Waals surface area (Å²) in [4.78, 5) is 36.2. The van der Waals surface area contributed by atoms with Gasteiger partial charge in [0.25, 0.3) is 0 Å². The number of benzene rings is 3. The Labute approximate surface area is 244 Å². The number of carbonyl (C=O) groups excluding carboxylic acids is 3. The van der Waals surface area contributed by atoms with E-state index in [1.807, 2.05) is 60.7 Å². The molecule has 0 saturated carbocycles. The van der Waals surface area contributed by atoms with Crippen LogP contribution in [0, 0.1) is 0 Å². The lowest BCUT2D eigenvalue weighted by Crippen LogP contribution is -2.10. The van der Waals surface area contributed by atoms with E-state index in [1.54, 1.807) is 0 Å². The van der Waals surface area contributed by atoms with E-state index in [0.717, 1.165) is 51.5 Å². The van der Waals surface area contributed by atoms with Crippen molar-refractivity contribution in [3.05, 3.63) is 103 Å². The van der Waals surface area contributed by atoms with Crippen molar-refractivity contribution in [2.24, 2.45) is 0 Å². The van der Waals surface area contributed by atoms with Crippen LogP contribution in [0.3, 0.4) is 0 Å². The second-order valence-corrected chi connectivity index (χ2v) is 10.3. The highest BCUT2D eigenvalue weighted by atomic mass is 32.2. The minimum atomic E-state index is -0.477. The number of thioether (sulfide) groups is 1. The molecule has 0 bridgehead atoms. The van der Waals surface area contributed by atoms with Gasteiger partial charge in [-0.3, -0.25) is 4.79 Å². The third-order valence-corrected chi connectivity index (χ3v) is 7.48. The first kappa shape index (κ1) is 29.7. The maximum absolute atomic E-state index is 13.1. The number of ether oxygens (including phenoxy) is 4. The zero-order valence-electron chi connectivity index (χ0n) is 22.9. The van der Waals surface area contributed by atoms with Gasteiger partial charge in [-0.1, -0.05) is 32.2 Å². The van der Waals surface area contributed by atoms with Gasteiger partial charge in [0.1, 0.15) is 24.7 Å². The Morgan fingerprint density at radius 1 is 0.732 bits per heavy atom. The zero-order chi connectivity index (χ0) is 29.2. The predicted octanol–water partition coefficient (Wildman–Crippen LogP) is 6.75. The fraction of sp³-hybridized carbons (Fsp3) is 0.242. The molecule has 0 saturated heterocycles. The molecule has 0 heterocycles. The summed E-state index contributed by atoms with van der Waals surface area (Å²) in [6.45, 7) is 10.1. The SMILES string of the molecule is C=CC(=O)OCCCCOc1ccc(SC(=O)c2ccc3c(c2)[C@@H](C)c2cc(OCCOC(=O)C=C)ccc2-3)cc1. The van der Waals surface area contributed by atoms with Crippen molar-refractivity contribution in [1.29, 1.82) is 0 Å². The van der Waals surface area contributed by atoms with Gasteiger partial charge in [-0.15, -0.1) is 0 Å². The van der Waals surface area contributed by atoms with Crippen LogP contribution < -0.4 is 9.47 Å². The maximum atomic E-state index is 13.1. The van der Waals surface area contributed by atoms with E-state index in [-0.39, 0.29) is 24.2 Å². The molecule has 0 radical (unpaired) electrons. The van der Waals surface area contributed by atoms with Crippen LogP contribution in [0.1, 0.15) is 47.2 Å². The fourth-order valence-corrected chi connectivity index (χ4v) is 5.18. The van der Waals surface area contributed by atoms with Gasteiger partial charge in [0.2, 0.25) is 5.12 Å². The molecule has 4 rings (SSSR count). The highest BCUT2D eigenvalue weighted by molar-refractivity contribution is 8.14. The average molecular weight is 573 g/mol. The van der Waals surface area contributed by atoms with E-state index in [4.69, 9.17) is 18.9 Å². The van der Waals surface area contributed by atoms with Crippen LogP contribution in [0.25, 0.3) is 11.1 Å². The normalized spacial score (nSPS) is 13.0. The van der Waals surface area contributed by atoms with Crippen LogP contribution in [0.4, 0.5) is 0 Å². The van der Waals surface area contributed by atoms with Crippen LogP contribution in [0.5, 0.6) is 11.5 Å². The molecule has 1 aliphatic rings. The van der Waals surface area contributed by atoms with Gasteiger partial charge in [-0.25, -0.2) is 9.59 Å². The van der Waals surface area contributed by atoms with E-state index in [1.165, 1.54) is 11.8 Å². The van der Waals surface area contributed by atoms with E-state index < -0.39 is 11.9 Å². The van der Waals surface area contributed by atoms with Gasteiger partial charge in [0.15, 0.2) is 0 Å². The second kappa shape index (κ2) is 14.4. The molecular weight excluding hydrogens is 540 g/mol. The molecule has 1 aliphatic carbocycles. The number of hydrogen-bond donors (Lipinski definition) is 0. The summed E-state index contributed by atoms with van der Waals surface area (Å²) in [5.41, 5.74) is 5.11. The Morgan fingerprint density at radius 3 is 2.02 bits per heavy atom. The molecule has 0 amide bonds. The van der Waals surface area contributed by atoms with Crippen molar-refractivity contribution in [1.82, 2.24) is 0 Å². The summed E-state index contributed by atoms with van der Waals surface area (Å²) in [6.07, 6.45) is 3.73. The fourth-order valence-electron chi connectivity index (χ4n) is 4.45. The average Bonchev–Trinajstić information content (AvgIpc) is 3.27. The molecule has 0 fully saturated rings. The maximum Gasteiger partial charge on any atom is 0.330 e. The number of unbranched alkanes of at least 4 members (excludes halogenated alkanes) is 1. The van der Waals surface area contributed by atoms with Crippen LogP contribution >= 0.6 is 11.8 Å². The molecule has 0 aromatic heterocycles. The third kappa shape index (κ3) is 7.89. The van der Waals surface area contributed by atoms with Crippen LogP contribution in [0.2, 0.25) is 0 Å². The lowest BCUT2D eigenvalue weighted by atomic mass is 9.98. The molecule has 3 aromatic rings. The third-order valence-electron chi connectivity index (χ3n) is 6.55. The molecule has 41 heavy (non-hydrogen) atoms. The number of carbonyl (C=O) groups is 3. The van der Waals surface area contributed by atoms with Crippen LogP contribution in [-0.2, 0) is 19.1 Å². The number of rotatable bonds is 14. The topological polar surface area (TPSA) is 88.1 Å². The first-order valence-electron chi connectivity index (χ1n) is 13.3. The molecule has 1 atom stereocenters. The van der Waals surface area contributed by atoms with Crippen molar-refractivity contribution in [2.45, 2.75) is 30.6 Å². The molecule has 0 N–H and O–H groups in total. The van der Waals surface area contributed by atoms with Gasteiger partial charge in [-0.05, 0) is 95.4 Å².